The van der Waals surface area contributed by atoms with Crippen LogP contribution >= 0.6 is 0 Å². The summed E-state index contributed by atoms with van der Waals surface area (Å²) in [5.74, 6) is 0. The Morgan fingerprint density at radius 3 is 1.59 bits per heavy atom. The normalized spacial score (nSPS) is 14.8. The Balaban J connectivity index is 0.000000309. The molecule has 2 nitrogen and oxygen atoms in total. The Hall–Kier alpha value is -2.02. The van der Waals surface area contributed by atoms with Crippen LogP contribution < -0.4 is 9.80 Å². The van der Waals surface area contributed by atoms with Crippen LogP contribution in [-0.2, 0) is 0 Å². The first-order valence-corrected chi connectivity index (χ1v) is 6.95. The molecule has 1 heterocycles. The van der Waals surface area contributed by atoms with Crippen LogP contribution in [0, 0.1) is 0 Å². The van der Waals surface area contributed by atoms with Crippen molar-refractivity contribution in [3.8, 4) is 0 Å². The number of halogens is 4. The van der Waals surface area contributed by atoms with Crippen molar-refractivity contribution in [2.24, 2.45) is 0 Å². The van der Waals surface area contributed by atoms with Gasteiger partial charge < -0.3 is 22.6 Å². The molecule has 0 saturated carbocycles. The van der Waals surface area contributed by atoms with Gasteiger partial charge in [-0.3, -0.25) is 4.48 Å². The molecule has 0 atom stereocenters. The molecule has 0 aromatic heterocycles. The molecule has 2 aromatic carbocycles. The van der Waals surface area contributed by atoms with Crippen molar-refractivity contribution < 1.29 is 17.3 Å². The molecule has 1 aliphatic rings. The lowest BCUT2D eigenvalue weighted by molar-refractivity contribution is 0.368. The van der Waals surface area contributed by atoms with Crippen LogP contribution in [-0.4, -0.2) is 20.8 Å². The smallest absolute Gasteiger partial charge is 0.418 e. The number of hydrogen-bond donors (Lipinski definition) is 1. The molecule has 0 amide bonds. The average Bonchev–Trinajstić information content (AvgIpc) is 2.46. The summed E-state index contributed by atoms with van der Waals surface area (Å²) in [6.45, 7) is 3.29. The number of quaternary nitrogens is 1. The van der Waals surface area contributed by atoms with Gasteiger partial charge in [-0.15, -0.1) is 0 Å². The molecule has 0 radical (unpaired) electrons. The highest BCUT2D eigenvalue weighted by Gasteiger charge is 2.35. The topological polar surface area (TPSA) is 12.0 Å². The lowest BCUT2D eigenvalue weighted by Gasteiger charge is -2.38. The molecular weight excluding hydrogens is 295 g/mol. The molecule has 0 saturated heterocycles. The predicted octanol–water partition coefficient (Wildman–Crippen LogP) is 5.33. The summed E-state index contributed by atoms with van der Waals surface area (Å²) >= 11 is 0. The molecule has 7 heteroatoms. The largest absolute Gasteiger partial charge is 0.673 e. The van der Waals surface area contributed by atoms with E-state index in [9.17, 15) is 17.3 Å². The molecule has 0 fully saturated rings. The summed E-state index contributed by atoms with van der Waals surface area (Å²) in [5.41, 5.74) is 5.12. The lowest BCUT2D eigenvalue weighted by atomic mass is 10.1. The second-order valence-electron chi connectivity index (χ2n) is 5.16. The average molecular weight is 312 g/mol. The molecule has 0 spiro atoms. The molecule has 22 heavy (non-hydrogen) atoms. The molecule has 118 valence electrons. The van der Waals surface area contributed by atoms with Crippen molar-refractivity contribution in [3.05, 3.63) is 48.5 Å². The molecule has 3 rings (SSSR count). The SMILES string of the molecule is CC[N+]1(C)c2ccccc2Nc2ccccc21.F[B-](F)(F)F. The molecule has 0 aliphatic carbocycles. The van der Waals surface area contributed by atoms with Gasteiger partial charge in [0.05, 0.1) is 13.6 Å². The fraction of sp³-hybridized carbons (Fsp3) is 0.200. The van der Waals surface area contributed by atoms with Gasteiger partial charge in [0.2, 0.25) is 0 Å². The van der Waals surface area contributed by atoms with Gasteiger partial charge in [-0.25, -0.2) is 0 Å². The summed E-state index contributed by atoms with van der Waals surface area (Å²) in [4.78, 5) is 0. The summed E-state index contributed by atoms with van der Waals surface area (Å²) in [6.07, 6.45) is 0. The quantitative estimate of drug-likeness (QED) is 0.426. The highest BCUT2D eigenvalue weighted by molar-refractivity contribution is 6.50. The Morgan fingerprint density at radius 1 is 0.864 bits per heavy atom. The minimum Gasteiger partial charge on any atom is -0.418 e. The number of rotatable bonds is 1. The fourth-order valence-corrected chi connectivity index (χ4v) is 2.63. The van der Waals surface area contributed by atoms with E-state index in [1.54, 1.807) is 0 Å². The molecule has 1 N–H and O–H groups in total. The van der Waals surface area contributed by atoms with E-state index in [0.717, 1.165) is 11.0 Å². The van der Waals surface area contributed by atoms with Crippen LogP contribution in [0.25, 0.3) is 0 Å². The second-order valence-corrected chi connectivity index (χ2v) is 5.16. The number of anilines is 2. The van der Waals surface area contributed by atoms with Crippen LogP contribution in [0.15, 0.2) is 48.5 Å². The fourth-order valence-electron chi connectivity index (χ4n) is 2.63. The van der Waals surface area contributed by atoms with Crippen LogP contribution in [0.3, 0.4) is 0 Å². The summed E-state index contributed by atoms with van der Waals surface area (Å²) < 4.78 is 39.9. The maximum Gasteiger partial charge on any atom is 0.673 e. The van der Waals surface area contributed by atoms with Crippen molar-refractivity contribution in [1.29, 1.82) is 0 Å². The van der Waals surface area contributed by atoms with E-state index in [-0.39, 0.29) is 0 Å². The minimum atomic E-state index is -6.00. The van der Waals surface area contributed by atoms with Crippen molar-refractivity contribution >= 4 is 30.0 Å². The monoisotopic (exact) mass is 312 g/mol. The van der Waals surface area contributed by atoms with E-state index >= 15 is 0 Å². The van der Waals surface area contributed by atoms with Crippen LogP contribution in [0.2, 0.25) is 0 Å². The van der Waals surface area contributed by atoms with Gasteiger partial charge in [0.1, 0.15) is 11.4 Å². The highest BCUT2D eigenvalue weighted by Crippen LogP contribution is 2.47. The van der Waals surface area contributed by atoms with Gasteiger partial charge in [-0.05, 0) is 19.1 Å². The summed E-state index contributed by atoms with van der Waals surface area (Å²) in [6, 6.07) is 17.1. The standard InChI is InChI=1S/C15H17N2.BF4/c1-3-17(2)14-10-6-4-8-12(14)16-13-9-5-7-11-15(13)17;2-1(3,4)5/h4-11,16H,3H2,1-2H3;/q+1;-1. The van der Waals surface area contributed by atoms with E-state index in [1.165, 1.54) is 22.7 Å². The third kappa shape index (κ3) is 3.41. The summed E-state index contributed by atoms with van der Waals surface area (Å²) in [7, 11) is -3.72. The zero-order valence-corrected chi connectivity index (χ0v) is 12.4. The Labute approximate surface area is 127 Å². The Kier molecular flexibility index (Phi) is 4.46. The Bertz CT molecular complexity index is 606. The second kappa shape index (κ2) is 6.00. The number of nitrogens with zero attached hydrogens (tertiary/aromatic N) is 1. The number of nitrogens with one attached hydrogen (secondary N) is 1. The van der Waals surface area contributed by atoms with Gasteiger partial charge in [0, 0.05) is 12.1 Å². The first-order chi connectivity index (χ1) is 10.3. The van der Waals surface area contributed by atoms with Gasteiger partial charge in [0.15, 0.2) is 11.4 Å². The van der Waals surface area contributed by atoms with Gasteiger partial charge in [-0.1, -0.05) is 24.3 Å². The zero-order valence-electron chi connectivity index (χ0n) is 12.4. The van der Waals surface area contributed by atoms with E-state index in [0.29, 0.717) is 0 Å². The van der Waals surface area contributed by atoms with Crippen LogP contribution in [0.4, 0.5) is 40.0 Å². The van der Waals surface area contributed by atoms with E-state index < -0.39 is 7.25 Å². The third-order valence-corrected chi connectivity index (χ3v) is 3.77. The Morgan fingerprint density at radius 2 is 1.23 bits per heavy atom. The van der Waals surface area contributed by atoms with Crippen molar-refractivity contribution in [3.63, 3.8) is 0 Å². The van der Waals surface area contributed by atoms with Crippen LogP contribution in [0.5, 0.6) is 0 Å². The highest BCUT2D eigenvalue weighted by atomic mass is 19.5. The number of para-hydroxylation sites is 4. The lowest BCUT2D eigenvalue weighted by Crippen LogP contribution is -2.41. The zero-order chi connectivity index (χ0) is 16.4. The number of benzene rings is 2. The minimum absolute atomic E-state index is 0.860. The van der Waals surface area contributed by atoms with Gasteiger partial charge in [0.25, 0.3) is 0 Å². The maximum atomic E-state index is 9.75. The van der Waals surface area contributed by atoms with Crippen molar-refractivity contribution in [2.75, 3.05) is 18.9 Å². The van der Waals surface area contributed by atoms with Gasteiger partial charge >= 0.3 is 7.25 Å². The first-order valence-electron chi connectivity index (χ1n) is 6.95. The molecule has 2 aromatic rings. The number of fused-ring (bicyclic) bond motifs is 2. The van der Waals surface area contributed by atoms with Gasteiger partial charge in [-0.2, -0.15) is 0 Å². The van der Waals surface area contributed by atoms with Crippen LogP contribution in [0.1, 0.15) is 6.92 Å². The first kappa shape index (κ1) is 16.4. The molecular formula is C15H17BF4N2. The molecule has 0 bridgehead atoms. The van der Waals surface area contributed by atoms with E-state index in [4.69, 9.17) is 0 Å². The van der Waals surface area contributed by atoms with E-state index in [2.05, 4.69) is 67.8 Å². The van der Waals surface area contributed by atoms with Crippen molar-refractivity contribution in [2.45, 2.75) is 6.92 Å². The molecule has 0 unspecified atom stereocenters. The maximum absolute atomic E-state index is 9.75. The third-order valence-electron chi connectivity index (χ3n) is 3.77. The summed E-state index contributed by atoms with van der Waals surface area (Å²) in [5, 5.41) is 3.51. The van der Waals surface area contributed by atoms with E-state index in [1.807, 2.05) is 0 Å². The number of hydrogen-bond acceptors (Lipinski definition) is 1. The molecule has 1 aliphatic heterocycles. The predicted molar refractivity (Wildman–Crippen MR) is 84.3 cm³/mol. The van der Waals surface area contributed by atoms with Crippen molar-refractivity contribution in [1.82, 2.24) is 4.48 Å².